The molecule has 0 spiro atoms. The first-order chi connectivity index (χ1) is 18.4. The van der Waals surface area contributed by atoms with Gasteiger partial charge in [0.1, 0.15) is 18.1 Å². The summed E-state index contributed by atoms with van der Waals surface area (Å²) in [5.41, 5.74) is 0.980. The van der Waals surface area contributed by atoms with E-state index in [-0.39, 0.29) is 24.1 Å². The predicted octanol–water partition coefficient (Wildman–Crippen LogP) is 3.63. The molecule has 1 fully saturated rings. The number of carbonyl (C=O) groups excluding carboxylic acids is 2. The van der Waals surface area contributed by atoms with E-state index in [4.69, 9.17) is 14.5 Å². The smallest absolute Gasteiger partial charge is 0.337 e. The van der Waals surface area contributed by atoms with Gasteiger partial charge in [0.25, 0.3) is 5.56 Å². The van der Waals surface area contributed by atoms with Crippen molar-refractivity contribution in [2.75, 3.05) is 33.4 Å². The number of benzene rings is 2. The summed E-state index contributed by atoms with van der Waals surface area (Å²) in [5, 5.41) is 3.19. The van der Waals surface area contributed by atoms with E-state index in [0.717, 1.165) is 26.1 Å². The molecule has 1 aliphatic rings. The van der Waals surface area contributed by atoms with Crippen LogP contribution in [0.5, 0.6) is 5.75 Å². The Labute approximate surface area is 222 Å². The SMILES string of the molecule is COC(=O)c1cccc(-c2nc3ccc(OCCCN4CCCCC4)cc3c(=O)n2CC(=O)NC(C)C)c1. The molecule has 0 saturated carbocycles. The second kappa shape index (κ2) is 12.7. The molecule has 0 bridgehead atoms. The van der Waals surface area contributed by atoms with Crippen LogP contribution in [0.15, 0.2) is 47.3 Å². The topological polar surface area (TPSA) is 103 Å². The van der Waals surface area contributed by atoms with E-state index in [2.05, 4.69) is 10.2 Å². The third-order valence-corrected chi connectivity index (χ3v) is 6.55. The summed E-state index contributed by atoms with van der Waals surface area (Å²) in [6.45, 7) is 7.36. The Morgan fingerprint density at radius 3 is 2.61 bits per heavy atom. The summed E-state index contributed by atoms with van der Waals surface area (Å²) in [4.78, 5) is 45.7. The van der Waals surface area contributed by atoms with Gasteiger partial charge in [0.2, 0.25) is 5.91 Å². The van der Waals surface area contributed by atoms with Gasteiger partial charge in [0.05, 0.1) is 30.2 Å². The highest BCUT2D eigenvalue weighted by molar-refractivity contribution is 5.91. The number of ether oxygens (including phenoxy) is 2. The van der Waals surface area contributed by atoms with Gasteiger partial charge in [-0.05, 0) is 76.5 Å². The number of likely N-dealkylation sites (tertiary alicyclic amines) is 1. The first-order valence-electron chi connectivity index (χ1n) is 13.2. The van der Waals surface area contributed by atoms with Crippen molar-refractivity contribution in [1.82, 2.24) is 19.8 Å². The second-order valence-electron chi connectivity index (χ2n) is 9.90. The Morgan fingerprint density at radius 2 is 1.87 bits per heavy atom. The largest absolute Gasteiger partial charge is 0.494 e. The number of rotatable bonds is 10. The number of nitrogens with zero attached hydrogens (tertiary/aromatic N) is 3. The molecule has 2 aromatic carbocycles. The molecule has 38 heavy (non-hydrogen) atoms. The van der Waals surface area contributed by atoms with Crippen LogP contribution in [-0.2, 0) is 16.1 Å². The third kappa shape index (κ3) is 6.77. The molecule has 9 heteroatoms. The number of aromatic nitrogens is 2. The van der Waals surface area contributed by atoms with E-state index < -0.39 is 5.97 Å². The normalized spacial score (nSPS) is 14.0. The van der Waals surface area contributed by atoms with Crippen LogP contribution in [0.4, 0.5) is 0 Å². The zero-order chi connectivity index (χ0) is 27.1. The lowest BCUT2D eigenvalue weighted by molar-refractivity contribution is -0.122. The van der Waals surface area contributed by atoms with E-state index in [1.54, 1.807) is 42.5 Å². The van der Waals surface area contributed by atoms with Crippen LogP contribution in [0, 0.1) is 0 Å². The quantitative estimate of drug-likeness (QED) is 0.322. The second-order valence-corrected chi connectivity index (χ2v) is 9.90. The number of esters is 1. The maximum atomic E-state index is 13.7. The van der Waals surface area contributed by atoms with Gasteiger partial charge in [0, 0.05) is 18.2 Å². The van der Waals surface area contributed by atoms with Crippen LogP contribution >= 0.6 is 0 Å². The van der Waals surface area contributed by atoms with Gasteiger partial charge in [-0.2, -0.15) is 0 Å². The average Bonchev–Trinajstić information content (AvgIpc) is 2.92. The number of methoxy groups -OCH3 is 1. The third-order valence-electron chi connectivity index (χ3n) is 6.55. The minimum absolute atomic E-state index is 0.0809. The summed E-state index contributed by atoms with van der Waals surface area (Å²) in [7, 11) is 1.31. The number of piperidine rings is 1. The van der Waals surface area contributed by atoms with Crippen molar-refractivity contribution in [3.8, 4) is 17.1 Å². The van der Waals surface area contributed by atoms with Crippen molar-refractivity contribution < 1.29 is 19.1 Å². The number of nitrogens with one attached hydrogen (secondary N) is 1. The number of amides is 1. The highest BCUT2D eigenvalue weighted by Gasteiger charge is 2.18. The van der Waals surface area contributed by atoms with Crippen molar-refractivity contribution in [1.29, 1.82) is 0 Å². The molecular weight excluding hydrogens is 484 g/mol. The minimum Gasteiger partial charge on any atom is -0.494 e. The number of fused-ring (bicyclic) bond motifs is 1. The molecule has 0 unspecified atom stereocenters. The molecule has 1 N–H and O–H groups in total. The molecule has 4 rings (SSSR count). The number of hydrogen-bond donors (Lipinski definition) is 1. The predicted molar refractivity (Wildman–Crippen MR) is 146 cm³/mol. The van der Waals surface area contributed by atoms with E-state index in [9.17, 15) is 14.4 Å². The molecule has 1 saturated heterocycles. The molecule has 2 heterocycles. The Bertz CT molecular complexity index is 1340. The van der Waals surface area contributed by atoms with Crippen molar-refractivity contribution in [3.05, 3.63) is 58.4 Å². The summed E-state index contributed by atoms with van der Waals surface area (Å²) in [6, 6.07) is 11.8. The fraction of sp³-hybridized carbons (Fsp3) is 0.448. The Morgan fingerprint density at radius 1 is 1.08 bits per heavy atom. The lowest BCUT2D eigenvalue weighted by Crippen LogP contribution is -2.37. The number of hydrogen-bond acceptors (Lipinski definition) is 7. The lowest BCUT2D eigenvalue weighted by atomic mass is 10.1. The highest BCUT2D eigenvalue weighted by Crippen LogP contribution is 2.23. The number of carbonyl (C=O) groups is 2. The van der Waals surface area contributed by atoms with E-state index in [1.165, 1.54) is 30.9 Å². The monoisotopic (exact) mass is 520 g/mol. The molecule has 0 atom stereocenters. The van der Waals surface area contributed by atoms with Gasteiger partial charge in [0.15, 0.2) is 0 Å². The first-order valence-corrected chi connectivity index (χ1v) is 13.2. The van der Waals surface area contributed by atoms with Gasteiger partial charge in [-0.25, -0.2) is 9.78 Å². The van der Waals surface area contributed by atoms with Crippen LogP contribution in [0.1, 0.15) is 49.9 Å². The maximum Gasteiger partial charge on any atom is 0.337 e. The molecule has 9 nitrogen and oxygen atoms in total. The molecule has 202 valence electrons. The lowest BCUT2D eigenvalue weighted by Gasteiger charge is -2.26. The van der Waals surface area contributed by atoms with E-state index in [1.807, 2.05) is 13.8 Å². The Balaban J connectivity index is 1.64. The average molecular weight is 521 g/mol. The molecule has 1 aromatic heterocycles. The van der Waals surface area contributed by atoms with Gasteiger partial charge in [-0.1, -0.05) is 18.6 Å². The zero-order valence-electron chi connectivity index (χ0n) is 22.4. The van der Waals surface area contributed by atoms with Crippen LogP contribution < -0.4 is 15.6 Å². The highest BCUT2D eigenvalue weighted by atomic mass is 16.5. The fourth-order valence-corrected chi connectivity index (χ4v) is 4.73. The van der Waals surface area contributed by atoms with Crippen LogP contribution in [-0.4, -0.2) is 65.7 Å². The summed E-state index contributed by atoms with van der Waals surface area (Å²) < 4.78 is 12.2. The van der Waals surface area contributed by atoms with Gasteiger partial charge in [-0.3, -0.25) is 14.2 Å². The Hall–Kier alpha value is -3.72. The van der Waals surface area contributed by atoms with Crippen molar-refractivity contribution in [2.45, 2.75) is 52.1 Å². The van der Waals surface area contributed by atoms with E-state index in [0.29, 0.717) is 40.2 Å². The maximum absolute atomic E-state index is 13.7. The van der Waals surface area contributed by atoms with Crippen molar-refractivity contribution in [3.63, 3.8) is 0 Å². The van der Waals surface area contributed by atoms with Crippen LogP contribution in [0.25, 0.3) is 22.3 Å². The first kappa shape index (κ1) is 27.3. The molecule has 1 amide bonds. The van der Waals surface area contributed by atoms with Gasteiger partial charge >= 0.3 is 5.97 Å². The molecule has 0 aliphatic carbocycles. The minimum atomic E-state index is -0.499. The van der Waals surface area contributed by atoms with Crippen LogP contribution in [0.3, 0.4) is 0 Å². The molecule has 0 radical (unpaired) electrons. The van der Waals surface area contributed by atoms with Gasteiger partial charge < -0.3 is 19.7 Å². The standard InChI is InChI=1S/C29H36N4O5/c1-20(2)30-26(34)19-33-27(21-9-7-10-22(17-21)29(36)37-3)31-25-12-11-23(18-24(25)28(33)35)38-16-8-15-32-13-5-4-6-14-32/h7,9-12,17-18,20H,4-6,8,13-16,19H2,1-3H3,(H,30,34). The molecule has 1 aliphatic heterocycles. The fourth-order valence-electron chi connectivity index (χ4n) is 4.73. The zero-order valence-corrected chi connectivity index (χ0v) is 22.4. The van der Waals surface area contributed by atoms with Crippen molar-refractivity contribution in [2.24, 2.45) is 0 Å². The van der Waals surface area contributed by atoms with Crippen molar-refractivity contribution >= 4 is 22.8 Å². The molecule has 3 aromatic rings. The summed E-state index contributed by atoms with van der Waals surface area (Å²) >= 11 is 0. The van der Waals surface area contributed by atoms with E-state index >= 15 is 0 Å². The summed E-state index contributed by atoms with van der Waals surface area (Å²) in [5.74, 6) is 0.0796. The molecular formula is C29H36N4O5. The summed E-state index contributed by atoms with van der Waals surface area (Å²) in [6.07, 6.45) is 4.74. The van der Waals surface area contributed by atoms with Gasteiger partial charge in [-0.15, -0.1) is 0 Å². The van der Waals surface area contributed by atoms with Crippen LogP contribution in [0.2, 0.25) is 0 Å². The Kier molecular flexibility index (Phi) is 9.12.